The highest BCUT2D eigenvalue weighted by Crippen LogP contribution is 2.39. The molecule has 2 rings (SSSR count). The van der Waals surface area contributed by atoms with Crippen LogP contribution < -0.4 is 0 Å². The van der Waals surface area contributed by atoms with E-state index in [1.807, 2.05) is 0 Å². The molecular formula is C10H12N2O3S. The fraction of sp³-hybridized carbons (Fsp3) is 0.500. The van der Waals surface area contributed by atoms with E-state index in [0.29, 0.717) is 31.2 Å². The highest BCUT2D eigenvalue weighted by atomic mass is 32.2. The lowest BCUT2D eigenvalue weighted by molar-refractivity contribution is -0.142. The van der Waals surface area contributed by atoms with Crippen LogP contribution >= 0.6 is 11.8 Å². The lowest BCUT2D eigenvalue weighted by atomic mass is 9.99. The molecule has 1 aromatic heterocycles. The Labute approximate surface area is 97.2 Å². The quantitative estimate of drug-likeness (QED) is 0.800. The second kappa shape index (κ2) is 4.80. The number of carboxylic acids is 1. The van der Waals surface area contributed by atoms with E-state index < -0.39 is 10.7 Å². The predicted octanol–water partition coefficient (Wildman–Crippen LogP) is 1.20. The highest BCUT2D eigenvalue weighted by Gasteiger charge is 2.42. The number of rotatable bonds is 3. The van der Waals surface area contributed by atoms with Crippen molar-refractivity contribution in [2.75, 3.05) is 13.2 Å². The Morgan fingerprint density at radius 3 is 2.56 bits per heavy atom. The number of thioether (sulfide) groups is 1. The highest BCUT2D eigenvalue weighted by molar-refractivity contribution is 8.01. The molecule has 1 aliphatic rings. The van der Waals surface area contributed by atoms with Crippen molar-refractivity contribution in [1.82, 2.24) is 9.97 Å². The number of carboxylic acid groups (broad SMARTS) is 1. The van der Waals surface area contributed by atoms with Gasteiger partial charge in [-0.15, -0.1) is 0 Å². The van der Waals surface area contributed by atoms with Crippen LogP contribution in [0, 0.1) is 0 Å². The van der Waals surface area contributed by atoms with Crippen molar-refractivity contribution < 1.29 is 14.6 Å². The third-order valence-corrected chi connectivity index (χ3v) is 3.89. The first kappa shape index (κ1) is 11.3. The maximum absolute atomic E-state index is 11.3. The van der Waals surface area contributed by atoms with Crippen LogP contribution in [0.25, 0.3) is 0 Å². The summed E-state index contributed by atoms with van der Waals surface area (Å²) in [4.78, 5) is 19.4. The summed E-state index contributed by atoms with van der Waals surface area (Å²) in [5, 5.41) is 9.82. The molecule has 86 valence electrons. The molecule has 0 unspecified atom stereocenters. The maximum atomic E-state index is 11.3. The fourth-order valence-corrected chi connectivity index (χ4v) is 2.61. The second-order valence-electron chi connectivity index (χ2n) is 3.55. The Balaban J connectivity index is 2.17. The molecule has 0 aromatic carbocycles. The molecule has 1 aromatic rings. The minimum Gasteiger partial charge on any atom is -0.480 e. The van der Waals surface area contributed by atoms with Crippen LogP contribution in [0.15, 0.2) is 23.6 Å². The first-order chi connectivity index (χ1) is 7.73. The van der Waals surface area contributed by atoms with Gasteiger partial charge in [-0.25, -0.2) is 9.97 Å². The van der Waals surface area contributed by atoms with Crippen molar-refractivity contribution in [3.8, 4) is 0 Å². The molecule has 1 saturated heterocycles. The predicted molar refractivity (Wildman–Crippen MR) is 58.3 cm³/mol. The monoisotopic (exact) mass is 240 g/mol. The Bertz CT molecular complexity index is 366. The van der Waals surface area contributed by atoms with E-state index in [2.05, 4.69) is 9.97 Å². The summed E-state index contributed by atoms with van der Waals surface area (Å²) in [5.41, 5.74) is 0. The van der Waals surface area contributed by atoms with Gasteiger partial charge in [0, 0.05) is 25.6 Å². The summed E-state index contributed by atoms with van der Waals surface area (Å²) in [6.45, 7) is 0.957. The smallest absolute Gasteiger partial charge is 0.320 e. The van der Waals surface area contributed by atoms with E-state index in [9.17, 15) is 9.90 Å². The van der Waals surface area contributed by atoms with Gasteiger partial charge in [0.2, 0.25) is 0 Å². The van der Waals surface area contributed by atoms with Crippen LogP contribution in [0.5, 0.6) is 0 Å². The van der Waals surface area contributed by atoms with Crippen LogP contribution in [0.2, 0.25) is 0 Å². The third-order valence-electron chi connectivity index (χ3n) is 2.52. The molecular weight excluding hydrogens is 228 g/mol. The van der Waals surface area contributed by atoms with Crippen LogP contribution in [-0.2, 0) is 9.53 Å². The van der Waals surface area contributed by atoms with Crippen LogP contribution in [-0.4, -0.2) is 39.0 Å². The fourth-order valence-electron chi connectivity index (χ4n) is 1.57. The second-order valence-corrected chi connectivity index (χ2v) is 4.90. The van der Waals surface area contributed by atoms with Gasteiger partial charge in [0.25, 0.3) is 0 Å². The zero-order valence-corrected chi connectivity index (χ0v) is 9.44. The van der Waals surface area contributed by atoms with Crippen LogP contribution in [0.3, 0.4) is 0 Å². The van der Waals surface area contributed by atoms with Crippen molar-refractivity contribution in [2.24, 2.45) is 0 Å². The Hall–Kier alpha value is -1.14. The standard InChI is InChI=1S/C10H12N2O3S/c13-8(14)10(2-6-15-7-3-10)16-9-11-4-1-5-12-9/h1,4-5H,2-3,6-7H2,(H,13,14). The van der Waals surface area contributed by atoms with Crippen molar-refractivity contribution in [2.45, 2.75) is 22.7 Å². The van der Waals surface area contributed by atoms with Gasteiger partial charge in [-0.05, 0) is 18.9 Å². The average molecular weight is 240 g/mol. The molecule has 6 heteroatoms. The molecule has 0 amide bonds. The normalized spacial score (nSPS) is 19.2. The van der Waals surface area contributed by atoms with Gasteiger partial charge in [0.05, 0.1) is 0 Å². The van der Waals surface area contributed by atoms with Crippen molar-refractivity contribution in [3.05, 3.63) is 18.5 Å². The zero-order valence-electron chi connectivity index (χ0n) is 8.63. The van der Waals surface area contributed by atoms with E-state index in [-0.39, 0.29) is 0 Å². The summed E-state index contributed by atoms with van der Waals surface area (Å²) in [5.74, 6) is -0.812. The van der Waals surface area contributed by atoms with Crippen LogP contribution in [0.1, 0.15) is 12.8 Å². The molecule has 1 fully saturated rings. The van der Waals surface area contributed by atoms with E-state index in [1.165, 1.54) is 11.8 Å². The number of ether oxygens (including phenoxy) is 1. The van der Waals surface area contributed by atoms with Crippen LogP contribution in [0.4, 0.5) is 0 Å². The van der Waals surface area contributed by atoms with E-state index in [4.69, 9.17) is 4.74 Å². The lowest BCUT2D eigenvalue weighted by Crippen LogP contribution is -2.41. The summed E-state index contributed by atoms with van der Waals surface area (Å²) in [7, 11) is 0. The maximum Gasteiger partial charge on any atom is 0.320 e. The van der Waals surface area contributed by atoms with Gasteiger partial charge in [-0.2, -0.15) is 0 Å². The van der Waals surface area contributed by atoms with E-state index in [1.54, 1.807) is 18.5 Å². The van der Waals surface area contributed by atoms with E-state index >= 15 is 0 Å². The minimum atomic E-state index is -0.834. The Morgan fingerprint density at radius 1 is 1.38 bits per heavy atom. The largest absolute Gasteiger partial charge is 0.480 e. The van der Waals surface area contributed by atoms with Gasteiger partial charge in [-0.1, -0.05) is 11.8 Å². The number of hydrogen-bond donors (Lipinski definition) is 1. The SMILES string of the molecule is O=C(O)C1(Sc2ncccn2)CCOCC1. The first-order valence-electron chi connectivity index (χ1n) is 5.00. The molecule has 1 aliphatic heterocycles. The molecule has 5 nitrogen and oxygen atoms in total. The van der Waals surface area contributed by atoms with Crippen molar-refractivity contribution in [1.29, 1.82) is 0 Å². The molecule has 0 bridgehead atoms. The summed E-state index contributed by atoms with van der Waals surface area (Å²) < 4.78 is 4.36. The summed E-state index contributed by atoms with van der Waals surface area (Å²) in [6.07, 6.45) is 4.21. The number of aromatic nitrogens is 2. The third kappa shape index (κ3) is 2.33. The van der Waals surface area contributed by atoms with Crippen molar-refractivity contribution >= 4 is 17.7 Å². The molecule has 1 N–H and O–H groups in total. The van der Waals surface area contributed by atoms with Gasteiger partial charge in [-0.3, -0.25) is 4.79 Å². The molecule has 0 radical (unpaired) electrons. The Kier molecular flexibility index (Phi) is 3.40. The van der Waals surface area contributed by atoms with E-state index in [0.717, 1.165) is 0 Å². The Morgan fingerprint density at radius 2 is 2.00 bits per heavy atom. The summed E-state index contributed by atoms with van der Waals surface area (Å²) >= 11 is 1.22. The number of nitrogens with zero attached hydrogens (tertiary/aromatic N) is 2. The number of carbonyl (C=O) groups is 1. The zero-order chi connectivity index (χ0) is 11.4. The van der Waals surface area contributed by atoms with Gasteiger partial charge >= 0.3 is 5.97 Å². The van der Waals surface area contributed by atoms with Gasteiger partial charge < -0.3 is 9.84 Å². The molecule has 0 atom stereocenters. The average Bonchev–Trinajstić information content (AvgIpc) is 2.31. The topological polar surface area (TPSA) is 72.3 Å². The molecule has 16 heavy (non-hydrogen) atoms. The van der Waals surface area contributed by atoms with Gasteiger partial charge in [0.15, 0.2) is 5.16 Å². The molecule has 0 saturated carbocycles. The van der Waals surface area contributed by atoms with Gasteiger partial charge in [0.1, 0.15) is 4.75 Å². The summed E-state index contributed by atoms with van der Waals surface area (Å²) in [6, 6.07) is 1.71. The molecule has 0 spiro atoms. The number of hydrogen-bond acceptors (Lipinski definition) is 5. The minimum absolute atomic E-state index is 0.478. The first-order valence-corrected chi connectivity index (χ1v) is 5.82. The number of aliphatic carboxylic acids is 1. The lowest BCUT2D eigenvalue weighted by Gasteiger charge is -2.31. The van der Waals surface area contributed by atoms with Crippen molar-refractivity contribution in [3.63, 3.8) is 0 Å². The molecule has 0 aliphatic carbocycles. The molecule has 2 heterocycles.